The second-order valence-electron chi connectivity index (χ2n) is 6.35. The maximum atomic E-state index is 12.7. The van der Waals surface area contributed by atoms with Crippen molar-refractivity contribution in [2.75, 3.05) is 11.4 Å². The zero-order chi connectivity index (χ0) is 17.6. The molecule has 8 heteroatoms. The van der Waals surface area contributed by atoms with Gasteiger partial charge in [0.1, 0.15) is 17.5 Å². The Kier molecular flexibility index (Phi) is 4.05. The summed E-state index contributed by atoms with van der Waals surface area (Å²) >= 11 is 1.41. The molecule has 0 unspecified atom stereocenters. The number of aliphatic carboxylic acids is 1. The lowest BCUT2D eigenvalue weighted by atomic mass is 9.95. The number of thioether (sulfide) groups is 1. The lowest BCUT2D eigenvalue weighted by Gasteiger charge is -2.48. The van der Waals surface area contributed by atoms with Crippen molar-refractivity contribution in [2.24, 2.45) is 5.73 Å². The highest BCUT2D eigenvalue weighted by Gasteiger charge is 2.65. The summed E-state index contributed by atoms with van der Waals surface area (Å²) in [6.07, 6.45) is 0. The molecule has 0 aromatic heterocycles. The molecule has 1 aromatic carbocycles. The first kappa shape index (κ1) is 16.8. The first-order valence-corrected chi connectivity index (χ1v) is 8.47. The molecule has 3 atom stereocenters. The Balaban J connectivity index is 1.96. The van der Waals surface area contributed by atoms with Gasteiger partial charge < -0.3 is 15.7 Å². The average Bonchev–Trinajstić information content (AvgIpc) is 2.80. The minimum atomic E-state index is -1.03. The minimum absolute atomic E-state index is 0.220. The number of para-hydroxylation sites is 1. The van der Waals surface area contributed by atoms with Gasteiger partial charge in [-0.05, 0) is 26.0 Å². The number of nitrogens with zero attached hydrogens (tertiary/aromatic N) is 2. The lowest BCUT2D eigenvalue weighted by Crippen LogP contribution is -2.72. The molecule has 2 aliphatic rings. The van der Waals surface area contributed by atoms with Crippen LogP contribution in [0.15, 0.2) is 30.3 Å². The number of carboxylic acids is 1. The summed E-state index contributed by atoms with van der Waals surface area (Å²) in [6, 6.07) is 7.22. The number of fused-ring (bicyclic) bond motifs is 1. The van der Waals surface area contributed by atoms with Crippen molar-refractivity contribution in [1.29, 1.82) is 0 Å². The molecule has 0 spiro atoms. The van der Waals surface area contributed by atoms with Crippen LogP contribution in [-0.4, -0.2) is 56.5 Å². The number of anilines is 1. The van der Waals surface area contributed by atoms with Gasteiger partial charge in [0.25, 0.3) is 5.91 Å². The van der Waals surface area contributed by atoms with E-state index in [1.54, 1.807) is 38.1 Å². The number of amides is 2. The van der Waals surface area contributed by atoms with Crippen molar-refractivity contribution < 1.29 is 19.5 Å². The number of benzene rings is 1. The molecular formula is C16H19N3O4S. The molecule has 3 rings (SSSR count). The zero-order valence-corrected chi connectivity index (χ0v) is 14.2. The van der Waals surface area contributed by atoms with Gasteiger partial charge in [-0.3, -0.25) is 14.5 Å². The van der Waals surface area contributed by atoms with Gasteiger partial charge in [-0.2, -0.15) is 0 Å². The Hall–Kier alpha value is -2.06. The maximum absolute atomic E-state index is 12.7. The molecule has 0 bridgehead atoms. The second kappa shape index (κ2) is 5.78. The van der Waals surface area contributed by atoms with E-state index in [9.17, 15) is 19.5 Å². The first-order valence-electron chi connectivity index (χ1n) is 7.59. The van der Waals surface area contributed by atoms with Gasteiger partial charge in [-0.1, -0.05) is 18.2 Å². The maximum Gasteiger partial charge on any atom is 0.327 e. The largest absolute Gasteiger partial charge is 0.480 e. The molecule has 24 heavy (non-hydrogen) atoms. The van der Waals surface area contributed by atoms with Crippen LogP contribution in [0.5, 0.6) is 0 Å². The quantitative estimate of drug-likeness (QED) is 0.767. The average molecular weight is 349 g/mol. The van der Waals surface area contributed by atoms with Crippen LogP contribution >= 0.6 is 11.8 Å². The van der Waals surface area contributed by atoms with Crippen molar-refractivity contribution in [3.63, 3.8) is 0 Å². The molecular weight excluding hydrogens is 330 g/mol. The van der Waals surface area contributed by atoms with Crippen LogP contribution in [0, 0.1) is 0 Å². The van der Waals surface area contributed by atoms with Crippen molar-refractivity contribution in [2.45, 2.75) is 36.1 Å². The van der Waals surface area contributed by atoms with E-state index >= 15 is 0 Å². The molecule has 2 heterocycles. The monoisotopic (exact) mass is 349 g/mol. The standard InChI is InChI=1S/C16H19N3O4S/c1-16(2)12(15(22)23)19-13(21)11(14(19)24-16)18(10(20)8-17)9-6-4-3-5-7-9/h3-7,11-12,14H,8,17H2,1-2H3,(H,22,23)/t11-,12+,14-/m1/s1. The normalized spacial score (nSPS) is 27.4. The summed E-state index contributed by atoms with van der Waals surface area (Å²) in [6.45, 7) is 3.38. The van der Waals surface area contributed by atoms with Gasteiger partial charge in [-0.15, -0.1) is 11.8 Å². The minimum Gasteiger partial charge on any atom is -0.480 e. The third-order valence-corrected chi connectivity index (χ3v) is 5.96. The Bertz CT molecular complexity index is 694. The van der Waals surface area contributed by atoms with E-state index in [1.165, 1.54) is 21.6 Å². The van der Waals surface area contributed by atoms with Crippen molar-refractivity contribution in [3.8, 4) is 0 Å². The molecule has 2 saturated heterocycles. The summed E-state index contributed by atoms with van der Waals surface area (Å²) in [5, 5.41) is 9.09. The Morgan fingerprint density at radius 1 is 1.33 bits per heavy atom. The molecule has 1 aromatic rings. The van der Waals surface area contributed by atoms with Crippen molar-refractivity contribution in [3.05, 3.63) is 30.3 Å². The second-order valence-corrected chi connectivity index (χ2v) is 8.12. The summed E-state index contributed by atoms with van der Waals surface area (Å²) < 4.78 is -0.630. The van der Waals surface area contributed by atoms with Gasteiger partial charge in [-0.25, -0.2) is 4.79 Å². The SMILES string of the molecule is CC1(C)S[C@@H]2[C@H](N(C(=O)CN)c3ccccc3)C(=O)N2[C@H]1C(=O)O. The molecule has 0 radical (unpaired) electrons. The highest BCUT2D eigenvalue weighted by Crippen LogP contribution is 2.52. The smallest absolute Gasteiger partial charge is 0.327 e. The van der Waals surface area contributed by atoms with Gasteiger partial charge in [0.2, 0.25) is 5.91 Å². The van der Waals surface area contributed by atoms with Gasteiger partial charge in [0.05, 0.1) is 6.54 Å². The molecule has 2 fully saturated rings. The van der Waals surface area contributed by atoms with Crippen molar-refractivity contribution >= 4 is 35.2 Å². The summed E-state index contributed by atoms with van der Waals surface area (Å²) in [7, 11) is 0. The lowest BCUT2D eigenvalue weighted by molar-refractivity contribution is -0.159. The topological polar surface area (TPSA) is 104 Å². The Morgan fingerprint density at radius 2 is 1.96 bits per heavy atom. The predicted octanol–water partition coefficient (Wildman–Crippen LogP) is 0.494. The van der Waals surface area contributed by atoms with Gasteiger partial charge in [0, 0.05) is 10.4 Å². The van der Waals surface area contributed by atoms with E-state index in [2.05, 4.69) is 0 Å². The highest BCUT2D eigenvalue weighted by molar-refractivity contribution is 8.01. The highest BCUT2D eigenvalue weighted by atomic mass is 32.2. The van der Waals surface area contributed by atoms with Crippen LogP contribution in [0.4, 0.5) is 5.69 Å². The predicted molar refractivity (Wildman–Crippen MR) is 90.5 cm³/mol. The molecule has 2 aliphatic heterocycles. The third kappa shape index (κ3) is 2.37. The number of nitrogens with two attached hydrogens (primary N) is 1. The molecule has 0 aliphatic carbocycles. The first-order chi connectivity index (χ1) is 11.3. The molecule has 7 nitrogen and oxygen atoms in total. The van der Waals surface area contributed by atoms with Gasteiger partial charge in [0.15, 0.2) is 0 Å². The fraction of sp³-hybridized carbons (Fsp3) is 0.438. The number of carbonyl (C=O) groups excluding carboxylic acids is 2. The van der Waals surface area contributed by atoms with Crippen molar-refractivity contribution in [1.82, 2.24) is 4.90 Å². The van der Waals surface area contributed by atoms with E-state index < -0.39 is 22.8 Å². The number of β-lactam (4-membered cyclic amide) rings is 1. The summed E-state index contributed by atoms with van der Waals surface area (Å²) in [5.74, 6) is -1.74. The van der Waals surface area contributed by atoms with E-state index in [0.717, 1.165) is 0 Å². The number of carbonyl (C=O) groups is 3. The summed E-state index contributed by atoms with van der Waals surface area (Å²) in [5.41, 5.74) is 6.11. The molecule has 0 saturated carbocycles. The van der Waals surface area contributed by atoms with Crippen LogP contribution in [0.1, 0.15) is 13.8 Å². The third-order valence-electron chi connectivity index (χ3n) is 4.40. The fourth-order valence-electron chi connectivity index (χ4n) is 3.38. The Morgan fingerprint density at radius 3 is 2.50 bits per heavy atom. The number of hydrogen-bond acceptors (Lipinski definition) is 5. The van der Waals surface area contributed by atoms with E-state index in [1.807, 2.05) is 6.07 Å². The Labute approximate surface area is 143 Å². The van der Waals surface area contributed by atoms with E-state index in [0.29, 0.717) is 5.69 Å². The summed E-state index contributed by atoms with van der Waals surface area (Å²) in [4.78, 5) is 39.4. The van der Waals surface area contributed by atoms with Gasteiger partial charge >= 0.3 is 5.97 Å². The van der Waals surface area contributed by atoms with Crippen LogP contribution in [0.3, 0.4) is 0 Å². The van der Waals surface area contributed by atoms with Crippen LogP contribution < -0.4 is 10.6 Å². The fourth-order valence-corrected chi connectivity index (χ4v) is 5.05. The molecule has 128 valence electrons. The molecule has 3 N–H and O–H groups in total. The van der Waals surface area contributed by atoms with E-state index in [-0.39, 0.29) is 23.7 Å². The van der Waals surface area contributed by atoms with E-state index in [4.69, 9.17) is 5.73 Å². The number of hydrogen-bond donors (Lipinski definition) is 2. The van der Waals surface area contributed by atoms with Crippen LogP contribution in [0.25, 0.3) is 0 Å². The number of rotatable bonds is 4. The number of carboxylic acid groups (broad SMARTS) is 1. The van der Waals surface area contributed by atoms with Crippen LogP contribution in [0.2, 0.25) is 0 Å². The molecule has 2 amide bonds. The van der Waals surface area contributed by atoms with Crippen LogP contribution in [-0.2, 0) is 14.4 Å². The zero-order valence-electron chi connectivity index (χ0n) is 13.4.